The maximum Gasteiger partial charge on any atom is 0.279 e. The normalized spacial score (nSPS) is 22.5. The van der Waals surface area contributed by atoms with Gasteiger partial charge in [-0.2, -0.15) is 0 Å². The second-order valence-electron chi connectivity index (χ2n) is 6.92. The van der Waals surface area contributed by atoms with Gasteiger partial charge in [-0.05, 0) is 25.8 Å². The molecule has 2 rings (SSSR count). The van der Waals surface area contributed by atoms with E-state index >= 15 is 0 Å². The van der Waals surface area contributed by atoms with E-state index in [1.54, 1.807) is 11.8 Å². The van der Waals surface area contributed by atoms with Gasteiger partial charge in [0.25, 0.3) is 5.91 Å². The van der Waals surface area contributed by atoms with Crippen LogP contribution in [0.2, 0.25) is 0 Å². The molecule has 0 aliphatic carbocycles. The van der Waals surface area contributed by atoms with Crippen molar-refractivity contribution < 1.29 is 9.90 Å². The number of rotatable bonds is 7. The largest absolute Gasteiger partial charge is 0.389 e. The lowest BCUT2D eigenvalue weighted by atomic mass is 10.1. The molecular formula is C20H31ClN4O2. The van der Waals surface area contributed by atoms with Gasteiger partial charge in [-0.1, -0.05) is 31.7 Å². The molecule has 6 nitrogen and oxygen atoms in total. The summed E-state index contributed by atoms with van der Waals surface area (Å²) >= 11 is 5.78. The van der Waals surface area contributed by atoms with Crippen molar-refractivity contribution in [1.82, 2.24) is 19.6 Å². The summed E-state index contributed by atoms with van der Waals surface area (Å²) in [7, 11) is 3.82. The van der Waals surface area contributed by atoms with Gasteiger partial charge in [0, 0.05) is 33.1 Å². The van der Waals surface area contributed by atoms with Crippen LogP contribution in [-0.2, 0) is 4.79 Å². The van der Waals surface area contributed by atoms with Gasteiger partial charge in [0.2, 0.25) is 0 Å². The van der Waals surface area contributed by atoms with Crippen molar-refractivity contribution in [3.05, 3.63) is 47.7 Å². The lowest BCUT2D eigenvalue weighted by Crippen LogP contribution is -2.48. The Morgan fingerprint density at radius 3 is 2.59 bits per heavy atom. The summed E-state index contributed by atoms with van der Waals surface area (Å²) in [6.45, 7) is 11.0. The molecule has 1 amide bonds. The number of carbonyl (C=O) groups excluding carboxylic acids is 1. The quantitative estimate of drug-likeness (QED) is 0.531. The number of nitrogens with zero attached hydrogens (tertiary/aromatic N) is 4. The number of likely N-dealkylation sites (N-methyl/N-ethyl adjacent to an activating group) is 1. The maximum absolute atomic E-state index is 13.3. The van der Waals surface area contributed by atoms with Crippen LogP contribution in [0.5, 0.6) is 0 Å². The van der Waals surface area contributed by atoms with E-state index in [9.17, 15) is 9.90 Å². The van der Waals surface area contributed by atoms with Gasteiger partial charge in [-0.15, -0.1) is 11.6 Å². The zero-order valence-corrected chi connectivity index (χ0v) is 17.7. The molecule has 150 valence electrons. The number of aliphatic hydroxyl groups is 1. The van der Waals surface area contributed by atoms with Crippen molar-refractivity contribution in [1.29, 1.82) is 0 Å². The first-order valence-corrected chi connectivity index (χ1v) is 9.87. The molecule has 2 unspecified atom stereocenters. The predicted molar refractivity (Wildman–Crippen MR) is 109 cm³/mol. The topological polar surface area (TPSA) is 50.3 Å². The van der Waals surface area contributed by atoms with Gasteiger partial charge in [0.1, 0.15) is 23.5 Å². The van der Waals surface area contributed by atoms with Crippen LogP contribution in [0.3, 0.4) is 0 Å². The van der Waals surface area contributed by atoms with Crippen LogP contribution in [0, 0.1) is 0 Å². The molecule has 2 aliphatic heterocycles. The molecule has 0 saturated heterocycles. The number of carbonyl (C=O) groups is 1. The summed E-state index contributed by atoms with van der Waals surface area (Å²) in [6, 6.07) is 0. The molecule has 0 saturated carbocycles. The highest BCUT2D eigenvalue weighted by Crippen LogP contribution is 2.38. The molecule has 0 radical (unpaired) electrons. The third kappa shape index (κ3) is 3.87. The van der Waals surface area contributed by atoms with Crippen LogP contribution < -0.4 is 0 Å². The van der Waals surface area contributed by atoms with E-state index < -0.39 is 6.10 Å². The monoisotopic (exact) mass is 394 g/mol. The average Bonchev–Trinajstić information content (AvgIpc) is 2.92. The average molecular weight is 395 g/mol. The SMILES string of the molecule is C=C1N(C)C2=C(C(=O)N1CCC)N(CC(/C=C\CCl)=C/C)C(C(C)O)N2C. The molecule has 7 heteroatoms. The number of allylic oxidation sites excluding steroid dienone is 2. The Morgan fingerprint density at radius 2 is 2.07 bits per heavy atom. The van der Waals surface area contributed by atoms with Gasteiger partial charge < -0.3 is 19.8 Å². The molecule has 0 aromatic heterocycles. The number of amides is 1. The molecule has 2 heterocycles. The number of halogens is 1. The van der Waals surface area contributed by atoms with Crippen molar-refractivity contribution in [2.45, 2.75) is 39.5 Å². The van der Waals surface area contributed by atoms with Gasteiger partial charge in [0.05, 0.1) is 6.10 Å². The fourth-order valence-corrected chi connectivity index (χ4v) is 3.86. The van der Waals surface area contributed by atoms with E-state index in [1.807, 2.05) is 60.9 Å². The van der Waals surface area contributed by atoms with Gasteiger partial charge in [-0.25, -0.2) is 0 Å². The lowest BCUT2D eigenvalue weighted by Gasteiger charge is -2.38. The first-order chi connectivity index (χ1) is 12.8. The molecule has 27 heavy (non-hydrogen) atoms. The number of hydrogen-bond donors (Lipinski definition) is 1. The van der Waals surface area contributed by atoms with Crippen molar-refractivity contribution in [2.24, 2.45) is 0 Å². The summed E-state index contributed by atoms with van der Waals surface area (Å²) in [6.07, 6.45) is 5.70. The highest BCUT2D eigenvalue weighted by molar-refractivity contribution is 6.18. The third-order valence-corrected chi connectivity index (χ3v) is 5.22. The summed E-state index contributed by atoms with van der Waals surface area (Å²) < 4.78 is 0. The third-order valence-electron chi connectivity index (χ3n) is 5.04. The molecule has 0 spiro atoms. The van der Waals surface area contributed by atoms with E-state index in [-0.39, 0.29) is 12.1 Å². The molecule has 0 fully saturated rings. The van der Waals surface area contributed by atoms with Crippen molar-refractivity contribution in [3.8, 4) is 0 Å². The van der Waals surface area contributed by atoms with Gasteiger partial charge >= 0.3 is 0 Å². The van der Waals surface area contributed by atoms with Crippen LogP contribution in [-0.4, -0.2) is 75.9 Å². The van der Waals surface area contributed by atoms with Crippen molar-refractivity contribution in [3.63, 3.8) is 0 Å². The Morgan fingerprint density at radius 1 is 1.41 bits per heavy atom. The van der Waals surface area contributed by atoms with Crippen molar-refractivity contribution in [2.75, 3.05) is 33.1 Å². The van der Waals surface area contributed by atoms with Crippen LogP contribution in [0.4, 0.5) is 0 Å². The molecule has 0 aromatic rings. The second-order valence-corrected chi connectivity index (χ2v) is 7.23. The highest BCUT2D eigenvalue weighted by Gasteiger charge is 2.48. The highest BCUT2D eigenvalue weighted by atomic mass is 35.5. The Hall–Kier alpha value is -1.92. The van der Waals surface area contributed by atoms with Gasteiger partial charge in [-0.3, -0.25) is 9.69 Å². The Labute approximate surface area is 167 Å². The molecule has 0 aromatic carbocycles. The minimum atomic E-state index is -0.648. The fraction of sp³-hybridized carbons (Fsp3) is 0.550. The van der Waals surface area contributed by atoms with Crippen LogP contribution >= 0.6 is 11.6 Å². The zero-order valence-electron chi connectivity index (χ0n) is 16.9. The van der Waals surface area contributed by atoms with E-state index in [0.717, 1.165) is 17.8 Å². The number of aliphatic hydroxyl groups excluding tert-OH is 1. The van der Waals surface area contributed by atoms with E-state index in [0.29, 0.717) is 30.5 Å². The Balaban J connectivity index is 2.51. The van der Waals surface area contributed by atoms with E-state index in [2.05, 4.69) is 6.58 Å². The Bertz CT molecular complexity index is 683. The molecular weight excluding hydrogens is 364 g/mol. The molecule has 1 N–H and O–H groups in total. The smallest absolute Gasteiger partial charge is 0.279 e. The maximum atomic E-state index is 13.3. The van der Waals surface area contributed by atoms with Crippen LogP contribution in [0.25, 0.3) is 0 Å². The second kappa shape index (κ2) is 8.85. The minimum absolute atomic E-state index is 0.0678. The minimum Gasteiger partial charge on any atom is -0.389 e. The Kier molecular flexibility index (Phi) is 7.00. The van der Waals surface area contributed by atoms with E-state index in [4.69, 9.17) is 11.6 Å². The predicted octanol–water partition coefficient (Wildman–Crippen LogP) is 2.51. The van der Waals surface area contributed by atoms with Crippen LogP contribution in [0.15, 0.2) is 47.7 Å². The zero-order chi connectivity index (χ0) is 20.3. The fourth-order valence-electron chi connectivity index (χ4n) is 3.77. The summed E-state index contributed by atoms with van der Waals surface area (Å²) in [5.41, 5.74) is 1.63. The lowest BCUT2D eigenvalue weighted by molar-refractivity contribution is -0.129. The van der Waals surface area contributed by atoms with Gasteiger partial charge in [0.15, 0.2) is 0 Å². The first kappa shape index (κ1) is 21.4. The van der Waals surface area contributed by atoms with Crippen LogP contribution in [0.1, 0.15) is 27.2 Å². The molecule has 2 atom stereocenters. The summed E-state index contributed by atoms with van der Waals surface area (Å²) in [4.78, 5) is 20.9. The molecule has 0 bridgehead atoms. The summed E-state index contributed by atoms with van der Waals surface area (Å²) in [5.74, 6) is 1.80. The number of hydrogen-bond acceptors (Lipinski definition) is 5. The van der Waals surface area contributed by atoms with E-state index in [1.165, 1.54) is 0 Å². The first-order valence-electron chi connectivity index (χ1n) is 9.34. The van der Waals surface area contributed by atoms with Crippen molar-refractivity contribution >= 4 is 17.5 Å². The molecule has 2 aliphatic rings. The number of alkyl halides is 1. The standard InChI is InChI=1S/C20H31ClN4O2/c1-7-12-24-15(4)22(5)19-17(20(24)27)25(18(14(3)26)23(19)6)13-16(8-2)10-9-11-21/h8-10,14,18,26H,4,7,11-13H2,1-3,5-6H3/b10-9-,16-8+. The summed E-state index contributed by atoms with van der Waals surface area (Å²) in [5, 5.41) is 10.5.